The topological polar surface area (TPSA) is 66.5 Å². The number of hydrogen-bond donors (Lipinski definition) is 1. The fraction of sp³-hybridized carbons (Fsp3) is 0.133. The van der Waals surface area contributed by atoms with Crippen LogP contribution < -0.4 is 9.62 Å². The van der Waals surface area contributed by atoms with Crippen LogP contribution in [0.1, 0.15) is 0 Å². The first-order chi connectivity index (χ1) is 10.8. The number of carbonyl (C=O) groups is 1. The van der Waals surface area contributed by atoms with Gasteiger partial charge in [0, 0.05) is 10.7 Å². The summed E-state index contributed by atoms with van der Waals surface area (Å²) in [6, 6.07) is 11.3. The molecule has 2 rings (SSSR count). The molecule has 0 aliphatic carbocycles. The third-order valence-corrected chi connectivity index (χ3v) is 4.29. The van der Waals surface area contributed by atoms with Crippen LogP contribution in [0.4, 0.5) is 15.8 Å². The van der Waals surface area contributed by atoms with Crippen LogP contribution in [0.2, 0.25) is 5.02 Å². The maximum Gasteiger partial charge on any atom is 0.245 e. The minimum absolute atomic E-state index is 0.204. The van der Waals surface area contributed by atoms with Gasteiger partial charge in [0.15, 0.2) is 0 Å². The Kier molecular flexibility index (Phi) is 5.23. The predicted octanol–water partition coefficient (Wildman–Crippen LogP) is 2.88. The second kappa shape index (κ2) is 6.97. The third-order valence-electron chi connectivity index (χ3n) is 2.91. The maximum absolute atomic E-state index is 13.0. The predicted molar refractivity (Wildman–Crippen MR) is 88.7 cm³/mol. The SMILES string of the molecule is CS(=O)(=O)N(CC(=O)Nc1cccc(Cl)c1)c1ccc(F)cc1. The third kappa shape index (κ3) is 4.94. The van der Waals surface area contributed by atoms with Crippen molar-refractivity contribution in [2.75, 3.05) is 22.4 Å². The van der Waals surface area contributed by atoms with Gasteiger partial charge >= 0.3 is 0 Å². The fourth-order valence-corrected chi connectivity index (χ4v) is 2.95. The molecule has 0 atom stereocenters. The molecule has 0 radical (unpaired) electrons. The lowest BCUT2D eigenvalue weighted by atomic mass is 10.3. The summed E-state index contributed by atoms with van der Waals surface area (Å²) in [4.78, 5) is 12.1. The minimum atomic E-state index is -3.70. The number of rotatable bonds is 5. The van der Waals surface area contributed by atoms with Gasteiger partial charge in [-0.25, -0.2) is 12.8 Å². The van der Waals surface area contributed by atoms with Crippen molar-refractivity contribution in [3.05, 3.63) is 59.4 Å². The van der Waals surface area contributed by atoms with E-state index in [-0.39, 0.29) is 5.69 Å². The minimum Gasteiger partial charge on any atom is -0.324 e. The van der Waals surface area contributed by atoms with Crippen LogP contribution in [0.5, 0.6) is 0 Å². The van der Waals surface area contributed by atoms with E-state index in [4.69, 9.17) is 11.6 Å². The average Bonchev–Trinajstić information content (AvgIpc) is 2.45. The Bertz CT molecular complexity index is 810. The zero-order valence-electron chi connectivity index (χ0n) is 12.2. The lowest BCUT2D eigenvalue weighted by Crippen LogP contribution is -2.37. The summed E-state index contributed by atoms with van der Waals surface area (Å²) in [5.41, 5.74) is 0.658. The Balaban J connectivity index is 2.18. The van der Waals surface area contributed by atoms with Gasteiger partial charge < -0.3 is 5.32 Å². The molecular formula is C15H14ClFN2O3S. The van der Waals surface area contributed by atoms with Crippen molar-refractivity contribution in [1.29, 1.82) is 0 Å². The second-order valence-electron chi connectivity index (χ2n) is 4.80. The standard InChI is InChI=1S/C15H14ClFN2O3S/c1-23(21,22)19(14-7-5-12(17)6-8-14)10-15(20)18-13-4-2-3-11(16)9-13/h2-9H,10H2,1H3,(H,18,20). The molecule has 2 aromatic carbocycles. The quantitative estimate of drug-likeness (QED) is 0.895. The van der Waals surface area contributed by atoms with E-state index in [1.54, 1.807) is 24.3 Å². The van der Waals surface area contributed by atoms with E-state index in [2.05, 4.69) is 5.32 Å². The van der Waals surface area contributed by atoms with Gasteiger partial charge in [0.2, 0.25) is 15.9 Å². The van der Waals surface area contributed by atoms with Gasteiger partial charge in [0.25, 0.3) is 0 Å². The molecule has 1 amide bonds. The number of nitrogens with zero attached hydrogens (tertiary/aromatic N) is 1. The Hall–Kier alpha value is -2.12. The van der Waals surface area contributed by atoms with E-state index in [1.807, 2.05) is 0 Å². The lowest BCUT2D eigenvalue weighted by molar-refractivity contribution is -0.114. The Labute approximate surface area is 138 Å². The zero-order chi connectivity index (χ0) is 17.0. The smallest absolute Gasteiger partial charge is 0.245 e. The highest BCUT2D eigenvalue weighted by Gasteiger charge is 2.21. The van der Waals surface area contributed by atoms with Crippen molar-refractivity contribution >= 4 is 38.9 Å². The molecule has 23 heavy (non-hydrogen) atoms. The molecule has 8 heteroatoms. The fourth-order valence-electron chi connectivity index (χ4n) is 1.90. The molecule has 0 saturated carbocycles. The molecule has 0 bridgehead atoms. The molecule has 2 aromatic rings. The van der Waals surface area contributed by atoms with Gasteiger partial charge in [0.1, 0.15) is 12.4 Å². The number of hydrogen-bond acceptors (Lipinski definition) is 3. The molecule has 1 N–H and O–H groups in total. The number of nitrogens with one attached hydrogen (secondary N) is 1. The number of halogens is 2. The van der Waals surface area contributed by atoms with E-state index >= 15 is 0 Å². The van der Waals surface area contributed by atoms with E-state index in [0.717, 1.165) is 22.7 Å². The summed E-state index contributed by atoms with van der Waals surface area (Å²) in [5, 5.41) is 3.01. The summed E-state index contributed by atoms with van der Waals surface area (Å²) in [6.07, 6.45) is 0.975. The van der Waals surface area contributed by atoms with Crippen LogP contribution in [0.25, 0.3) is 0 Å². The second-order valence-corrected chi connectivity index (χ2v) is 7.15. The van der Waals surface area contributed by atoms with Crippen LogP contribution in [-0.4, -0.2) is 27.1 Å². The number of amides is 1. The first kappa shape index (κ1) is 17.2. The molecule has 0 aliphatic rings. The van der Waals surface area contributed by atoms with Gasteiger partial charge in [-0.15, -0.1) is 0 Å². The molecule has 122 valence electrons. The van der Waals surface area contributed by atoms with Gasteiger partial charge in [-0.1, -0.05) is 17.7 Å². The van der Waals surface area contributed by atoms with Crippen molar-refractivity contribution in [3.63, 3.8) is 0 Å². The van der Waals surface area contributed by atoms with Crippen molar-refractivity contribution in [2.45, 2.75) is 0 Å². The molecule has 0 spiro atoms. The lowest BCUT2D eigenvalue weighted by Gasteiger charge is -2.21. The number of anilines is 2. The Morgan fingerprint density at radius 1 is 1.22 bits per heavy atom. The van der Waals surface area contributed by atoms with Crippen LogP contribution >= 0.6 is 11.6 Å². The highest BCUT2D eigenvalue weighted by Crippen LogP contribution is 2.19. The van der Waals surface area contributed by atoms with E-state index in [9.17, 15) is 17.6 Å². The van der Waals surface area contributed by atoms with Crippen LogP contribution in [0.15, 0.2) is 48.5 Å². The maximum atomic E-state index is 13.0. The molecule has 0 aliphatic heterocycles. The molecular weight excluding hydrogens is 343 g/mol. The monoisotopic (exact) mass is 356 g/mol. The van der Waals surface area contributed by atoms with Crippen molar-refractivity contribution in [1.82, 2.24) is 0 Å². The highest BCUT2D eigenvalue weighted by molar-refractivity contribution is 7.92. The molecule has 0 heterocycles. The summed E-state index contributed by atoms with van der Waals surface area (Å²) in [7, 11) is -3.70. The summed E-state index contributed by atoms with van der Waals surface area (Å²) in [5.74, 6) is -1.03. The summed E-state index contributed by atoms with van der Waals surface area (Å²) < 4.78 is 37.6. The number of benzene rings is 2. The molecule has 5 nitrogen and oxygen atoms in total. The molecule has 0 unspecified atom stereocenters. The van der Waals surface area contributed by atoms with E-state index < -0.39 is 28.3 Å². The van der Waals surface area contributed by atoms with Gasteiger partial charge in [0.05, 0.1) is 11.9 Å². The normalized spacial score (nSPS) is 11.1. The summed E-state index contributed by atoms with van der Waals surface area (Å²) in [6.45, 7) is -0.434. The Morgan fingerprint density at radius 3 is 2.43 bits per heavy atom. The van der Waals surface area contributed by atoms with Crippen molar-refractivity contribution < 1.29 is 17.6 Å². The van der Waals surface area contributed by atoms with Gasteiger partial charge in [-0.2, -0.15) is 0 Å². The number of sulfonamides is 1. The van der Waals surface area contributed by atoms with Crippen LogP contribution in [0.3, 0.4) is 0 Å². The molecule has 0 aromatic heterocycles. The van der Waals surface area contributed by atoms with Crippen molar-refractivity contribution in [2.24, 2.45) is 0 Å². The number of carbonyl (C=O) groups excluding carboxylic acids is 1. The first-order valence-electron chi connectivity index (χ1n) is 6.54. The van der Waals surface area contributed by atoms with E-state index in [1.165, 1.54) is 12.1 Å². The molecule has 0 fully saturated rings. The largest absolute Gasteiger partial charge is 0.324 e. The van der Waals surface area contributed by atoms with Crippen LogP contribution in [-0.2, 0) is 14.8 Å². The van der Waals surface area contributed by atoms with Gasteiger partial charge in [-0.3, -0.25) is 9.10 Å². The van der Waals surface area contributed by atoms with Crippen molar-refractivity contribution in [3.8, 4) is 0 Å². The molecule has 0 saturated heterocycles. The van der Waals surface area contributed by atoms with E-state index in [0.29, 0.717) is 10.7 Å². The highest BCUT2D eigenvalue weighted by atomic mass is 35.5. The van der Waals surface area contributed by atoms with Crippen LogP contribution in [0, 0.1) is 5.82 Å². The zero-order valence-corrected chi connectivity index (χ0v) is 13.7. The Morgan fingerprint density at radius 2 is 1.87 bits per heavy atom. The summed E-state index contributed by atoms with van der Waals surface area (Å²) >= 11 is 5.82. The average molecular weight is 357 g/mol. The van der Waals surface area contributed by atoms with Gasteiger partial charge in [-0.05, 0) is 42.5 Å². The first-order valence-corrected chi connectivity index (χ1v) is 8.77.